The van der Waals surface area contributed by atoms with Gasteiger partial charge in [0, 0.05) is 6.42 Å². The summed E-state index contributed by atoms with van der Waals surface area (Å²) < 4.78 is 4.98. The van der Waals surface area contributed by atoms with Crippen LogP contribution in [0.5, 0.6) is 0 Å². The van der Waals surface area contributed by atoms with Gasteiger partial charge < -0.3 is 0 Å². The number of hydrogen-bond acceptors (Lipinski definition) is 2. The Morgan fingerprint density at radius 3 is 2.62 bits per heavy atom. The quantitative estimate of drug-likeness (QED) is 0.739. The second-order valence-electron chi connectivity index (χ2n) is 2.78. The van der Waals surface area contributed by atoms with Gasteiger partial charge >= 0.3 is 0 Å². The maximum absolute atomic E-state index is 5.78. The highest BCUT2D eigenvalue weighted by Crippen LogP contribution is 2.18. The van der Waals surface area contributed by atoms with Gasteiger partial charge in [-0.15, -0.1) is 0 Å². The number of benzene rings is 1. The van der Waals surface area contributed by atoms with Crippen molar-refractivity contribution in [2.45, 2.75) is 6.42 Å². The molecule has 1 nitrogen and oxygen atoms in total. The fraction of sp³-hybridized carbons (Fsp3) is 0.100. The van der Waals surface area contributed by atoms with E-state index in [0.29, 0.717) is 0 Å². The molecule has 1 heterocycles. The summed E-state index contributed by atoms with van der Waals surface area (Å²) in [6, 6.07) is 12.2. The van der Waals surface area contributed by atoms with Gasteiger partial charge in [-0.05, 0) is 23.2 Å². The van der Waals surface area contributed by atoms with E-state index in [1.54, 1.807) is 0 Å². The second-order valence-corrected chi connectivity index (χ2v) is 4.22. The molecule has 1 aromatic heterocycles. The van der Waals surface area contributed by atoms with E-state index in [9.17, 15) is 0 Å². The zero-order chi connectivity index (χ0) is 9.10. The topological polar surface area (TPSA) is 12.9 Å². The van der Waals surface area contributed by atoms with Gasteiger partial charge in [0.15, 0.2) is 0 Å². The van der Waals surface area contributed by atoms with Gasteiger partial charge in [-0.2, -0.15) is 4.37 Å². The molecular formula is C10H8ClNS. The van der Waals surface area contributed by atoms with Crippen molar-refractivity contribution in [1.82, 2.24) is 4.37 Å². The zero-order valence-electron chi connectivity index (χ0n) is 6.90. The summed E-state index contributed by atoms with van der Waals surface area (Å²) in [6.45, 7) is 0. The molecule has 0 saturated heterocycles. The molecule has 0 fully saturated rings. The monoisotopic (exact) mass is 209 g/mol. The first-order valence-corrected chi connectivity index (χ1v) is 5.15. The standard InChI is InChI=1S/C10H8ClNS/c11-10-7-9(12-13-10)6-8-4-2-1-3-5-8/h1-5,7H,6H2. The Bertz CT molecular complexity index is 383. The summed E-state index contributed by atoms with van der Waals surface area (Å²) in [5, 5.41) is 0. The SMILES string of the molecule is Clc1cc(Cc2ccccc2)ns1. The van der Waals surface area contributed by atoms with Gasteiger partial charge in [0.25, 0.3) is 0 Å². The van der Waals surface area contributed by atoms with Crippen LogP contribution in [0.25, 0.3) is 0 Å². The van der Waals surface area contributed by atoms with E-state index in [4.69, 9.17) is 11.6 Å². The number of halogens is 1. The van der Waals surface area contributed by atoms with E-state index in [-0.39, 0.29) is 0 Å². The highest BCUT2D eigenvalue weighted by molar-refractivity contribution is 7.10. The minimum absolute atomic E-state index is 0.755. The van der Waals surface area contributed by atoms with E-state index in [1.807, 2.05) is 24.3 Å². The van der Waals surface area contributed by atoms with Crippen LogP contribution in [0.2, 0.25) is 4.34 Å². The predicted molar refractivity (Wildman–Crippen MR) is 56.4 cm³/mol. The summed E-state index contributed by atoms with van der Waals surface area (Å²) in [5.41, 5.74) is 2.31. The van der Waals surface area contributed by atoms with Crippen LogP contribution >= 0.6 is 23.1 Å². The molecule has 0 spiro atoms. The number of hydrogen-bond donors (Lipinski definition) is 0. The van der Waals surface area contributed by atoms with Crippen molar-refractivity contribution in [3.8, 4) is 0 Å². The lowest BCUT2D eigenvalue weighted by atomic mass is 10.1. The average molecular weight is 210 g/mol. The van der Waals surface area contributed by atoms with Gasteiger partial charge in [-0.3, -0.25) is 0 Å². The van der Waals surface area contributed by atoms with Gasteiger partial charge in [0.05, 0.1) is 5.69 Å². The van der Waals surface area contributed by atoms with Gasteiger partial charge in [0.2, 0.25) is 0 Å². The number of rotatable bonds is 2. The highest BCUT2D eigenvalue weighted by Gasteiger charge is 2.00. The first-order chi connectivity index (χ1) is 6.34. The third-order valence-electron chi connectivity index (χ3n) is 1.76. The van der Waals surface area contributed by atoms with Crippen molar-refractivity contribution in [1.29, 1.82) is 0 Å². The Hall–Kier alpha value is -0.860. The van der Waals surface area contributed by atoms with E-state index >= 15 is 0 Å². The Morgan fingerprint density at radius 2 is 2.00 bits per heavy atom. The van der Waals surface area contributed by atoms with E-state index in [0.717, 1.165) is 16.5 Å². The fourth-order valence-corrected chi connectivity index (χ4v) is 1.91. The third kappa shape index (κ3) is 2.29. The number of nitrogens with zero attached hydrogens (tertiary/aromatic N) is 1. The number of aromatic nitrogens is 1. The van der Waals surface area contributed by atoms with Crippen LogP contribution in [-0.2, 0) is 6.42 Å². The van der Waals surface area contributed by atoms with E-state index < -0.39 is 0 Å². The second kappa shape index (κ2) is 3.90. The molecule has 1 aromatic carbocycles. The molecule has 0 unspecified atom stereocenters. The van der Waals surface area contributed by atoms with Crippen LogP contribution in [0, 0.1) is 0 Å². The summed E-state index contributed by atoms with van der Waals surface area (Å²) in [6.07, 6.45) is 0.865. The van der Waals surface area contributed by atoms with Crippen molar-refractivity contribution < 1.29 is 0 Å². The molecule has 0 aliphatic carbocycles. The lowest BCUT2D eigenvalue weighted by Gasteiger charge is -1.95. The molecule has 0 saturated carbocycles. The predicted octanol–water partition coefficient (Wildman–Crippen LogP) is 3.39. The smallest absolute Gasteiger partial charge is 0.114 e. The Labute approximate surface area is 86.2 Å². The van der Waals surface area contributed by atoms with Crippen molar-refractivity contribution >= 4 is 23.1 Å². The van der Waals surface area contributed by atoms with Crippen molar-refractivity contribution in [2.24, 2.45) is 0 Å². The molecule has 2 rings (SSSR count). The van der Waals surface area contributed by atoms with Crippen LogP contribution in [0.4, 0.5) is 0 Å². The molecule has 0 radical (unpaired) electrons. The van der Waals surface area contributed by atoms with Crippen molar-refractivity contribution in [2.75, 3.05) is 0 Å². The maximum atomic E-state index is 5.78. The summed E-state index contributed by atoms with van der Waals surface area (Å²) >= 11 is 7.12. The molecule has 0 atom stereocenters. The summed E-state index contributed by atoms with van der Waals surface area (Å²) in [5.74, 6) is 0. The third-order valence-corrected chi connectivity index (χ3v) is 2.69. The molecule has 66 valence electrons. The van der Waals surface area contributed by atoms with Crippen LogP contribution < -0.4 is 0 Å². The van der Waals surface area contributed by atoms with Crippen LogP contribution in [0.1, 0.15) is 11.3 Å². The molecule has 3 heteroatoms. The normalized spacial score (nSPS) is 10.2. The van der Waals surface area contributed by atoms with Gasteiger partial charge in [-0.25, -0.2) is 0 Å². The molecule has 0 aliphatic heterocycles. The Morgan fingerprint density at radius 1 is 1.23 bits per heavy atom. The zero-order valence-corrected chi connectivity index (χ0v) is 8.48. The Balaban J connectivity index is 2.15. The van der Waals surface area contributed by atoms with Crippen LogP contribution in [0.3, 0.4) is 0 Å². The first kappa shape index (κ1) is 8.73. The van der Waals surface area contributed by atoms with Crippen molar-refractivity contribution in [3.05, 3.63) is 52.0 Å². The molecule has 0 amide bonds. The molecule has 2 aromatic rings. The van der Waals surface area contributed by atoms with Crippen LogP contribution in [-0.4, -0.2) is 4.37 Å². The summed E-state index contributed by atoms with van der Waals surface area (Å²) in [4.78, 5) is 0. The molecule has 0 N–H and O–H groups in total. The largest absolute Gasteiger partial charge is 0.196 e. The van der Waals surface area contributed by atoms with Crippen molar-refractivity contribution in [3.63, 3.8) is 0 Å². The fourth-order valence-electron chi connectivity index (χ4n) is 1.17. The molecule has 13 heavy (non-hydrogen) atoms. The Kier molecular flexibility index (Phi) is 2.62. The van der Waals surface area contributed by atoms with E-state index in [1.165, 1.54) is 17.1 Å². The van der Waals surface area contributed by atoms with Crippen LogP contribution in [0.15, 0.2) is 36.4 Å². The maximum Gasteiger partial charge on any atom is 0.114 e. The summed E-state index contributed by atoms with van der Waals surface area (Å²) in [7, 11) is 0. The minimum Gasteiger partial charge on any atom is -0.196 e. The van der Waals surface area contributed by atoms with Gasteiger partial charge in [-0.1, -0.05) is 41.9 Å². The lowest BCUT2D eigenvalue weighted by Crippen LogP contribution is -1.85. The van der Waals surface area contributed by atoms with E-state index in [2.05, 4.69) is 16.5 Å². The first-order valence-electron chi connectivity index (χ1n) is 3.99. The van der Waals surface area contributed by atoms with Gasteiger partial charge in [0.1, 0.15) is 4.34 Å². The average Bonchev–Trinajstić information content (AvgIpc) is 2.53. The highest BCUT2D eigenvalue weighted by atomic mass is 35.5. The minimum atomic E-state index is 0.755. The molecule has 0 aliphatic rings. The molecular weight excluding hydrogens is 202 g/mol. The molecule has 0 bridgehead atoms. The lowest BCUT2D eigenvalue weighted by molar-refractivity contribution is 1.14.